The molecule has 1 aliphatic carbocycles. The summed E-state index contributed by atoms with van der Waals surface area (Å²) in [6.07, 6.45) is 8.94. The zero-order valence-electron chi connectivity index (χ0n) is 10.7. The molecule has 0 radical (unpaired) electrons. The SMILES string of the molecule is CC(O)(Cc1ccccc1)C1=CCCCCC1. The summed E-state index contributed by atoms with van der Waals surface area (Å²) in [6.45, 7) is 1.96. The third kappa shape index (κ3) is 3.44. The molecule has 1 N–H and O–H groups in total. The Morgan fingerprint density at radius 2 is 1.88 bits per heavy atom. The van der Waals surface area contributed by atoms with E-state index in [1.54, 1.807) is 0 Å². The fourth-order valence-electron chi connectivity index (χ4n) is 2.61. The van der Waals surface area contributed by atoms with E-state index in [2.05, 4.69) is 18.2 Å². The molecular formula is C16H22O. The van der Waals surface area contributed by atoms with Crippen LogP contribution in [0.25, 0.3) is 0 Å². The molecule has 1 nitrogen and oxygen atoms in total. The Balaban J connectivity index is 2.09. The Kier molecular flexibility index (Phi) is 4.01. The molecule has 0 amide bonds. The summed E-state index contributed by atoms with van der Waals surface area (Å²) in [5.74, 6) is 0. The highest BCUT2D eigenvalue weighted by Crippen LogP contribution is 2.29. The Hall–Kier alpha value is -1.08. The second-order valence-electron chi connectivity index (χ2n) is 5.26. The van der Waals surface area contributed by atoms with Gasteiger partial charge in [-0.05, 0) is 43.7 Å². The molecule has 0 aliphatic heterocycles. The predicted molar refractivity (Wildman–Crippen MR) is 71.9 cm³/mol. The smallest absolute Gasteiger partial charge is 0.0868 e. The monoisotopic (exact) mass is 230 g/mol. The molecule has 0 heterocycles. The number of aliphatic hydroxyl groups is 1. The Morgan fingerprint density at radius 3 is 2.65 bits per heavy atom. The zero-order valence-corrected chi connectivity index (χ0v) is 10.7. The lowest BCUT2D eigenvalue weighted by molar-refractivity contribution is 0.0949. The summed E-state index contributed by atoms with van der Waals surface area (Å²) in [4.78, 5) is 0. The fraction of sp³-hybridized carbons (Fsp3) is 0.500. The molecule has 0 spiro atoms. The Labute approximate surface area is 104 Å². The largest absolute Gasteiger partial charge is 0.385 e. The van der Waals surface area contributed by atoms with Crippen LogP contribution in [0.15, 0.2) is 42.0 Å². The van der Waals surface area contributed by atoms with Crippen LogP contribution in [0.5, 0.6) is 0 Å². The topological polar surface area (TPSA) is 20.2 Å². The molecular weight excluding hydrogens is 208 g/mol. The van der Waals surface area contributed by atoms with Gasteiger partial charge in [-0.2, -0.15) is 0 Å². The standard InChI is InChI=1S/C16H22O/c1-16(17,13-14-9-5-4-6-10-14)15-11-7-2-3-8-12-15/h4-6,9-11,17H,2-3,7-8,12-13H2,1H3. The second kappa shape index (κ2) is 5.50. The van der Waals surface area contributed by atoms with Crippen LogP contribution in [0.3, 0.4) is 0 Å². The van der Waals surface area contributed by atoms with Crippen LogP contribution in [-0.4, -0.2) is 10.7 Å². The van der Waals surface area contributed by atoms with E-state index in [-0.39, 0.29) is 0 Å². The maximum absolute atomic E-state index is 10.6. The lowest BCUT2D eigenvalue weighted by atomic mass is 9.86. The van der Waals surface area contributed by atoms with Gasteiger partial charge in [0.25, 0.3) is 0 Å². The van der Waals surface area contributed by atoms with Crippen LogP contribution in [0.2, 0.25) is 0 Å². The van der Waals surface area contributed by atoms with Crippen molar-refractivity contribution in [3.05, 3.63) is 47.5 Å². The molecule has 0 saturated carbocycles. The lowest BCUT2D eigenvalue weighted by Gasteiger charge is -2.27. The summed E-state index contributed by atoms with van der Waals surface area (Å²) in [6, 6.07) is 10.3. The van der Waals surface area contributed by atoms with E-state index in [1.807, 2.05) is 25.1 Å². The molecule has 1 atom stereocenters. The highest BCUT2D eigenvalue weighted by Gasteiger charge is 2.26. The summed E-state index contributed by atoms with van der Waals surface area (Å²) in [7, 11) is 0. The molecule has 1 aromatic carbocycles. The van der Waals surface area contributed by atoms with Gasteiger partial charge in [-0.3, -0.25) is 0 Å². The van der Waals surface area contributed by atoms with Gasteiger partial charge in [0.1, 0.15) is 0 Å². The molecule has 0 bridgehead atoms. The average Bonchev–Trinajstić information content (AvgIpc) is 2.58. The first kappa shape index (κ1) is 12.4. The summed E-state index contributed by atoms with van der Waals surface area (Å²) < 4.78 is 0. The van der Waals surface area contributed by atoms with Crippen LogP contribution < -0.4 is 0 Å². The van der Waals surface area contributed by atoms with Gasteiger partial charge in [0.2, 0.25) is 0 Å². The number of hydrogen-bond acceptors (Lipinski definition) is 1. The van der Waals surface area contributed by atoms with E-state index in [4.69, 9.17) is 0 Å². The highest BCUT2D eigenvalue weighted by molar-refractivity contribution is 5.24. The maximum Gasteiger partial charge on any atom is 0.0868 e. The average molecular weight is 230 g/mol. The van der Waals surface area contributed by atoms with E-state index < -0.39 is 5.60 Å². The molecule has 1 unspecified atom stereocenters. The van der Waals surface area contributed by atoms with Crippen LogP contribution in [0.4, 0.5) is 0 Å². The molecule has 1 aliphatic rings. The first-order valence-electron chi connectivity index (χ1n) is 6.64. The van der Waals surface area contributed by atoms with Crippen molar-refractivity contribution in [2.45, 2.75) is 51.0 Å². The number of benzene rings is 1. The van der Waals surface area contributed by atoms with Gasteiger partial charge >= 0.3 is 0 Å². The summed E-state index contributed by atoms with van der Waals surface area (Å²) in [5.41, 5.74) is 1.77. The van der Waals surface area contributed by atoms with Crippen LogP contribution in [0, 0.1) is 0 Å². The van der Waals surface area contributed by atoms with Gasteiger partial charge in [0, 0.05) is 6.42 Å². The molecule has 0 saturated heterocycles. The number of rotatable bonds is 3. The van der Waals surface area contributed by atoms with Crippen molar-refractivity contribution in [2.24, 2.45) is 0 Å². The van der Waals surface area contributed by atoms with Crippen molar-refractivity contribution in [1.82, 2.24) is 0 Å². The maximum atomic E-state index is 10.6. The summed E-state index contributed by atoms with van der Waals surface area (Å²) >= 11 is 0. The molecule has 92 valence electrons. The van der Waals surface area contributed by atoms with E-state index in [1.165, 1.54) is 30.4 Å². The van der Waals surface area contributed by atoms with E-state index >= 15 is 0 Å². The molecule has 0 fully saturated rings. The quantitative estimate of drug-likeness (QED) is 0.781. The molecule has 17 heavy (non-hydrogen) atoms. The van der Waals surface area contributed by atoms with Crippen LogP contribution in [0.1, 0.15) is 44.6 Å². The third-order valence-electron chi connectivity index (χ3n) is 3.62. The fourth-order valence-corrected chi connectivity index (χ4v) is 2.61. The second-order valence-corrected chi connectivity index (χ2v) is 5.26. The highest BCUT2D eigenvalue weighted by atomic mass is 16.3. The van der Waals surface area contributed by atoms with Crippen LogP contribution >= 0.6 is 0 Å². The van der Waals surface area contributed by atoms with E-state index in [9.17, 15) is 5.11 Å². The van der Waals surface area contributed by atoms with Crippen molar-refractivity contribution in [3.63, 3.8) is 0 Å². The van der Waals surface area contributed by atoms with Crippen molar-refractivity contribution in [1.29, 1.82) is 0 Å². The molecule has 1 heteroatoms. The van der Waals surface area contributed by atoms with Gasteiger partial charge in [0.05, 0.1) is 5.60 Å². The number of hydrogen-bond donors (Lipinski definition) is 1. The number of allylic oxidation sites excluding steroid dienone is 1. The Bertz CT molecular complexity index is 376. The van der Waals surface area contributed by atoms with Crippen molar-refractivity contribution < 1.29 is 5.11 Å². The zero-order chi connectivity index (χ0) is 12.1. The van der Waals surface area contributed by atoms with Gasteiger partial charge in [-0.1, -0.05) is 42.8 Å². The van der Waals surface area contributed by atoms with Gasteiger partial charge < -0.3 is 5.11 Å². The third-order valence-corrected chi connectivity index (χ3v) is 3.62. The molecule has 2 rings (SSSR count). The molecule has 1 aromatic rings. The minimum absolute atomic E-state index is 0.675. The molecule has 0 aromatic heterocycles. The lowest BCUT2D eigenvalue weighted by Crippen LogP contribution is -2.29. The van der Waals surface area contributed by atoms with Crippen molar-refractivity contribution >= 4 is 0 Å². The van der Waals surface area contributed by atoms with Gasteiger partial charge in [-0.25, -0.2) is 0 Å². The van der Waals surface area contributed by atoms with Crippen LogP contribution in [-0.2, 0) is 6.42 Å². The first-order valence-corrected chi connectivity index (χ1v) is 6.64. The minimum atomic E-state index is -0.675. The minimum Gasteiger partial charge on any atom is -0.385 e. The van der Waals surface area contributed by atoms with Gasteiger partial charge in [-0.15, -0.1) is 0 Å². The normalized spacial score (nSPS) is 20.2. The predicted octanol–water partition coefficient (Wildman–Crippen LogP) is 3.87. The Morgan fingerprint density at radius 1 is 1.12 bits per heavy atom. The van der Waals surface area contributed by atoms with E-state index in [0.717, 1.165) is 19.3 Å². The summed E-state index contributed by atoms with van der Waals surface area (Å²) in [5, 5.41) is 10.6. The van der Waals surface area contributed by atoms with Crippen molar-refractivity contribution in [3.8, 4) is 0 Å². The van der Waals surface area contributed by atoms with Crippen molar-refractivity contribution in [2.75, 3.05) is 0 Å². The van der Waals surface area contributed by atoms with E-state index in [0.29, 0.717) is 0 Å². The van der Waals surface area contributed by atoms with Gasteiger partial charge in [0.15, 0.2) is 0 Å². The first-order chi connectivity index (χ1) is 8.18.